The summed E-state index contributed by atoms with van der Waals surface area (Å²) >= 11 is 11.8. The average Bonchev–Trinajstić information content (AvgIpc) is 2.41. The molecule has 0 aliphatic rings. The zero-order valence-electron chi connectivity index (χ0n) is 11.0. The molecule has 106 valence electrons. The standard InChI is InChI=1S/C14H13Cl2NO2S/c1-10-3-6-12(7-4-10)17(2)20(18,19)14-9-11(15)5-8-13(14)16/h3-9H,1-2H3. The van der Waals surface area contributed by atoms with Crippen LogP contribution >= 0.6 is 23.2 Å². The second-order valence-corrected chi connectivity index (χ2v) is 7.16. The summed E-state index contributed by atoms with van der Waals surface area (Å²) in [6.45, 7) is 1.94. The topological polar surface area (TPSA) is 37.4 Å². The minimum absolute atomic E-state index is 0.00487. The first-order chi connectivity index (χ1) is 9.32. The second-order valence-electron chi connectivity index (χ2n) is 4.38. The van der Waals surface area contributed by atoms with Gasteiger partial charge in [0.25, 0.3) is 10.0 Å². The largest absolute Gasteiger partial charge is 0.269 e. The molecule has 0 unspecified atom stereocenters. The van der Waals surface area contributed by atoms with Crippen molar-refractivity contribution >= 4 is 38.9 Å². The van der Waals surface area contributed by atoms with Crippen molar-refractivity contribution in [1.82, 2.24) is 0 Å². The molecular formula is C14H13Cl2NO2S. The van der Waals surface area contributed by atoms with E-state index in [2.05, 4.69) is 0 Å². The number of anilines is 1. The van der Waals surface area contributed by atoms with Gasteiger partial charge in [-0.3, -0.25) is 4.31 Å². The fourth-order valence-corrected chi connectivity index (χ4v) is 3.65. The predicted octanol–water partition coefficient (Wildman–Crippen LogP) is 4.13. The number of nitrogens with zero attached hydrogens (tertiary/aromatic N) is 1. The summed E-state index contributed by atoms with van der Waals surface area (Å²) in [5.41, 5.74) is 1.62. The number of hydrogen-bond acceptors (Lipinski definition) is 2. The number of sulfonamides is 1. The lowest BCUT2D eigenvalue weighted by Gasteiger charge is -2.20. The van der Waals surface area contributed by atoms with Crippen molar-refractivity contribution in [3.05, 3.63) is 58.1 Å². The van der Waals surface area contributed by atoms with Crippen LogP contribution in [-0.4, -0.2) is 15.5 Å². The van der Waals surface area contributed by atoms with E-state index < -0.39 is 10.0 Å². The van der Waals surface area contributed by atoms with Crippen LogP contribution in [0.2, 0.25) is 10.0 Å². The molecule has 0 amide bonds. The molecule has 0 heterocycles. The lowest BCUT2D eigenvalue weighted by molar-refractivity contribution is 0.594. The summed E-state index contributed by atoms with van der Waals surface area (Å²) in [5.74, 6) is 0. The fourth-order valence-electron chi connectivity index (χ4n) is 1.72. The van der Waals surface area contributed by atoms with Crippen LogP contribution in [0.5, 0.6) is 0 Å². The Kier molecular flexibility index (Phi) is 4.28. The van der Waals surface area contributed by atoms with Crippen LogP contribution in [-0.2, 0) is 10.0 Å². The third-order valence-corrected chi connectivity index (χ3v) is 5.43. The van der Waals surface area contributed by atoms with E-state index in [1.807, 2.05) is 19.1 Å². The van der Waals surface area contributed by atoms with Crippen molar-refractivity contribution in [2.45, 2.75) is 11.8 Å². The minimum Gasteiger partial charge on any atom is -0.269 e. The zero-order chi connectivity index (χ0) is 14.9. The van der Waals surface area contributed by atoms with Crippen molar-refractivity contribution in [3.8, 4) is 0 Å². The lowest BCUT2D eigenvalue weighted by Crippen LogP contribution is -2.26. The number of rotatable bonds is 3. The van der Waals surface area contributed by atoms with E-state index in [1.165, 1.54) is 23.5 Å². The highest BCUT2D eigenvalue weighted by Crippen LogP contribution is 2.29. The molecule has 0 fully saturated rings. The molecule has 2 rings (SSSR count). The van der Waals surface area contributed by atoms with E-state index in [9.17, 15) is 8.42 Å². The van der Waals surface area contributed by atoms with Gasteiger partial charge in [0, 0.05) is 12.1 Å². The molecule has 6 heteroatoms. The monoisotopic (exact) mass is 329 g/mol. The first-order valence-corrected chi connectivity index (χ1v) is 8.02. The van der Waals surface area contributed by atoms with Gasteiger partial charge in [0.1, 0.15) is 4.90 Å². The molecule has 2 aromatic carbocycles. The molecule has 3 nitrogen and oxygen atoms in total. The predicted molar refractivity (Wildman–Crippen MR) is 83.2 cm³/mol. The molecule has 0 aromatic heterocycles. The summed E-state index contributed by atoms with van der Waals surface area (Å²) in [5, 5.41) is 0.471. The van der Waals surface area contributed by atoms with Crippen LogP contribution in [0.15, 0.2) is 47.4 Å². The molecule has 0 aliphatic heterocycles. The molecule has 0 saturated heterocycles. The van der Waals surface area contributed by atoms with Crippen molar-refractivity contribution in [2.24, 2.45) is 0 Å². The summed E-state index contributed by atoms with van der Waals surface area (Å²) in [6.07, 6.45) is 0. The highest BCUT2D eigenvalue weighted by atomic mass is 35.5. The Morgan fingerprint density at radius 2 is 1.60 bits per heavy atom. The summed E-state index contributed by atoms with van der Waals surface area (Å²) in [6, 6.07) is 11.6. The second kappa shape index (κ2) is 5.64. The third-order valence-electron chi connectivity index (χ3n) is 2.93. The van der Waals surface area contributed by atoms with Crippen LogP contribution in [0, 0.1) is 6.92 Å². The van der Waals surface area contributed by atoms with Crippen LogP contribution in [0.1, 0.15) is 5.56 Å². The van der Waals surface area contributed by atoms with E-state index in [4.69, 9.17) is 23.2 Å². The Hall–Kier alpha value is -1.23. The zero-order valence-corrected chi connectivity index (χ0v) is 13.3. The number of hydrogen-bond donors (Lipinski definition) is 0. The van der Waals surface area contributed by atoms with Crippen LogP contribution in [0.3, 0.4) is 0 Å². The lowest BCUT2D eigenvalue weighted by atomic mass is 10.2. The third kappa shape index (κ3) is 2.92. The van der Waals surface area contributed by atoms with E-state index in [0.717, 1.165) is 5.56 Å². The Morgan fingerprint density at radius 1 is 1.00 bits per heavy atom. The number of benzene rings is 2. The van der Waals surface area contributed by atoms with Crippen molar-refractivity contribution in [2.75, 3.05) is 11.4 Å². The van der Waals surface area contributed by atoms with Gasteiger partial charge in [-0.25, -0.2) is 8.42 Å². The highest BCUT2D eigenvalue weighted by molar-refractivity contribution is 7.93. The van der Waals surface area contributed by atoms with E-state index in [1.54, 1.807) is 18.2 Å². The molecule has 20 heavy (non-hydrogen) atoms. The molecule has 0 bridgehead atoms. The first-order valence-electron chi connectivity index (χ1n) is 5.83. The van der Waals surface area contributed by atoms with E-state index in [0.29, 0.717) is 10.7 Å². The van der Waals surface area contributed by atoms with Gasteiger partial charge < -0.3 is 0 Å². The molecule has 0 saturated carbocycles. The van der Waals surface area contributed by atoms with Gasteiger partial charge >= 0.3 is 0 Å². The normalized spacial score (nSPS) is 11.4. The van der Waals surface area contributed by atoms with Crippen molar-refractivity contribution in [3.63, 3.8) is 0 Å². The number of halogens is 2. The molecular weight excluding hydrogens is 317 g/mol. The van der Waals surface area contributed by atoms with Crippen molar-refractivity contribution in [1.29, 1.82) is 0 Å². The number of aryl methyl sites for hydroxylation is 1. The first kappa shape index (κ1) is 15.2. The highest BCUT2D eigenvalue weighted by Gasteiger charge is 2.24. The van der Waals surface area contributed by atoms with Gasteiger partial charge in [0.2, 0.25) is 0 Å². The maximum Gasteiger partial charge on any atom is 0.265 e. The summed E-state index contributed by atoms with van der Waals surface area (Å²) in [7, 11) is -2.26. The maximum atomic E-state index is 12.6. The van der Waals surface area contributed by atoms with Gasteiger partial charge in [0.15, 0.2) is 0 Å². The SMILES string of the molecule is Cc1ccc(N(C)S(=O)(=O)c2cc(Cl)ccc2Cl)cc1. The summed E-state index contributed by atoms with van der Waals surface area (Å²) in [4.78, 5) is -0.00487. The molecule has 0 radical (unpaired) electrons. The van der Waals surface area contributed by atoms with Gasteiger partial charge in [-0.15, -0.1) is 0 Å². The van der Waals surface area contributed by atoms with Gasteiger partial charge in [-0.1, -0.05) is 40.9 Å². The Morgan fingerprint density at radius 3 is 2.20 bits per heavy atom. The van der Waals surface area contributed by atoms with Crippen LogP contribution in [0.25, 0.3) is 0 Å². The van der Waals surface area contributed by atoms with Crippen LogP contribution in [0.4, 0.5) is 5.69 Å². The maximum absolute atomic E-state index is 12.6. The molecule has 0 spiro atoms. The molecule has 0 N–H and O–H groups in total. The smallest absolute Gasteiger partial charge is 0.265 e. The molecule has 2 aromatic rings. The van der Waals surface area contributed by atoms with Crippen LogP contribution < -0.4 is 4.31 Å². The quantitative estimate of drug-likeness (QED) is 0.849. The van der Waals surface area contributed by atoms with Gasteiger partial charge in [0.05, 0.1) is 10.7 Å². The molecule has 0 aliphatic carbocycles. The van der Waals surface area contributed by atoms with Gasteiger partial charge in [-0.2, -0.15) is 0 Å². The Balaban J connectivity index is 2.49. The Labute approximate surface area is 128 Å². The van der Waals surface area contributed by atoms with Crippen molar-refractivity contribution < 1.29 is 8.42 Å². The average molecular weight is 330 g/mol. The minimum atomic E-state index is -3.74. The summed E-state index contributed by atoms with van der Waals surface area (Å²) < 4.78 is 26.3. The molecule has 0 atom stereocenters. The Bertz CT molecular complexity index is 727. The van der Waals surface area contributed by atoms with E-state index in [-0.39, 0.29) is 9.92 Å². The van der Waals surface area contributed by atoms with E-state index >= 15 is 0 Å². The fraction of sp³-hybridized carbons (Fsp3) is 0.143. The van der Waals surface area contributed by atoms with Gasteiger partial charge in [-0.05, 0) is 37.3 Å².